The van der Waals surface area contributed by atoms with E-state index in [0.29, 0.717) is 11.8 Å². The monoisotopic (exact) mass is 366 g/mol. The predicted octanol–water partition coefficient (Wildman–Crippen LogP) is 2.84. The second kappa shape index (κ2) is 5.75. The first-order valence-electron chi connectivity index (χ1n) is 7.14. The number of carbonyl (C=O) groups excluding carboxylic acids is 1. The van der Waals surface area contributed by atoms with E-state index in [0.717, 1.165) is 3.97 Å². The molecule has 0 radical (unpaired) electrons. The molecule has 0 saturated carbocycles. The van der Waals surface area contributed by atoms with Crippen LogP contribution >= 0.6 is 11.6 Å². The molecule has 24 heavy (non-hydrogen) atoms. The average molecular weight is 367 g/mol. The molecule has 1 aliphatic rings. The summed E-state index contributed by atoms with van der Waals surface area (Å²) in [5, 5.41) is 0.532. The third-order valence-corrected chi connectivity index (χ3v) is 5.76. The molecule has 0 spiro atoms. The summed E-state index contributed by atoms with van der Waals surface area (Å²) in [7, 11) is -2.51. The molecule has 0 fully saturated rings. The van der Waals surface area contributed by atoms with Gasteiger partial charge in [-0.25, -0.2) is 22.2 Å². The van der Waals surface area contributed by atoms with Crippen LogP contribution in [0.15, 0.2) is 47.7 Å². The number of fused-ring (bicyclic) bond motifs is 1. The number of nitrogens with zero attached hydrogens (tertiary/aromatic N) is 2. The summed E-state index contributed by atoms with van der Waals surface area (Å²) < 4.78 is 31.4. The predicted molar refractivity (Wildman–Crippen MR) is 91.5 cm³/mol. The Morgan fingerprint density at radius 3 is 2.83 bits per heavy atom. The fourth-order valence-electron chi connectivity index (χ4n) is 2.42. The number of halogens is 1. The van der Waals surface area contributed by atoms with Crippen molar-refractivity contribution in [2.24, 2.45) is 0 Å². The summed E-state index contributed by atoms with van der Waals surface area (Å²) in [6, 6.07) is 3.13. The number of hydrogen-bond acceptors (Lipinski definition) is 5. The Kier molecular flexibility index (Phi) is 4.01. The first kappa shape index (κ1) is 16.7. The summed E-state index contributed by atoms with van der Waals surface area (Å²) in [6.07, 6.45) is 7.88. The highest BCUT2D eigenvalue weighted by Crippen LogP contribution is 2.30. The number of carbonyl (C=O) groups is 1. The number of esters is 1. The maximum atomic E-state index is 12.8. The van der Waals surface area contributed by atoms with E-state index in [9.17, 15) is 13.2 Å². The van der Waals surface area contributed by atoms with Gasteiger partial charge in [-0.05, 0) is 31.6 Å². The van der Waals surface area contributed by atoms with Crippen LogP contribution < -0.4 is 0 Å². The molecule has 1 unspecified atom stereocenters. The number of rotatable bonds is 3. The van der Waals surface area contributed by atoms with Crippen LogP contribution in [0.25, 0.3) is 11.0 Å². The highest BCUT2D eigenvalue weighted by atomic mass is 35.5. The van der Waals surface area contributed by atoms with Crippen molar-refractivity contribution in [2.75, 3.05) is 7.11 Å². The zero-order chi connectivity index (χ0) is 17.5. The van der Waals surface area contributed by atoms with E-state index in [1.165, 1.54) is 25.6 Å². The van der Waals surface area contributed by atoms with Gasteiger partial charge in [-0.3, -0.25) is 0 Å². The SMILES string of the molecule is COC(=O)c1cnc2c(ccn2S(=O)(=O)C2=CCC(C)(Cl)C=C2)c1. The summed E-state index contributed by atoms with van der Waals surface area (Å²) >= 11 is 6.18. The van der Waals surface area contributed by atoms with Crippen molar-refractivity contribution < 1.29 is 17.9 Å². The van der Waals surface area contributed by atoms with Crippen LogP contribution in [0.3, 0.4) is 0 Å². The van der Waals surface area contributed by atoms with E-state index < -0.39 is 20.9 Å². The largest absolute Gasteiger partial charge is 0.465 e. The van der Waals surface area contributed by atoms with Gasteiger partial charge in [-0.1, -0.05) is 12.2 Å². The molecule has 0 bridgehead atoms. The Balaban J connectivity index is 2.05. The second-order valence-corrected chi connectivity index (χ2v) is 8.35. The molecule has 0 N–H and O–H groups in total. The lowest BCUT2D eigenvalue weighted by atomic mass is 10.0. The zero-order valence-corrected chi connectivity index (χ0v) is 14.6. The Morgan fingerprint density at radius 2 is 2.21 bits per heavy atom. The van der Waals surface area contributed by atoms with Gasteiger partial charge in [0.05, 0.1) is 22.5 Å². The fraction of sp³-hybridized carbons (Fsp3) is 0.250. The van der Waals surface area contributed by atoms with Crippen molar-refractivity contribution >= 4 is 38.6 Å². The third-order valence-electron chi connectivity index (χ3n) is 3.77. The molecule has 1 aliphatic carbocycles. The minimum atomic E-state index is -3.78. The van der Waals surface area contributed by atoms with Crippen LogP contribution in [0.1, 0.15) is 23.7 Å². The lowest BCUT2D eigenvalue weighted by Crippen LogP contribution is -2.19. The molecule has 1 atom stereocenters. The van der Waals surface area contributed by atoms with E-state index in [1.807, 2.05) is 6.92 Å². The number of methoxy groups -OCH3 is 1. The number of aromatic nitrogens is 2. The van der Waals surface area contributed by atoms with Gasteiger partial charge < -0.3 is 4.74 Å². The van der Waals surface area contributed by atoms with Gasteiger partial charge in [-0.2, -0.15) is 0 Å². The Bertz CT molecular complexity index is 987. The van der Waals surface area contributed by atoms with Crippen molar-refractivity contribution in [3.63, 3.8) is 0 Å². The summed E-state index contributed by atoms with van der Waals surface area (Å²) in [5.74, 6) is -0.528. The molecule has 0 aliphatic heterocycles. The smallest absolute Gasteiger partial charge is 0.339 e. The summed E-state index contributed by atoms with van der Waals surface area (Å²) in [4.78, 5) is 15.2. The summed E-state index contributed by atoms with van der Waals surface area (Å²) in [5.41, 5.74) is 0.506. The topological polar surface area (TPSA) is 78.3 Å². The number of alkyl halides is 1. The van der Waals surface area contributed by atoms with Crippen molar-refractivity contribution in [2.45, 2.75) is 18.2 Å². The number of pyridine rings is 1. The van der Waals surface area contributed by atoms with Crippen LogP contribution in [-0.4, -0.2) is 35.3 Å². The molecule has 6 nitrogen and oxygen atoms in total. The number of ether oxygens (including phenoxy) is 1. The molecule has 0 amide bonds. The van der Waals surface area contributed by atoms with Gasteiger partial charge in [0, 0.05) is 17.8 Å². The van der Waals surface area contributed by atoms with Crippen LogP contribution in [0.5, 0.6) is 0 Å². The zero-order valence-electron chi connectivity index (χ0n) is 13.1. The maximum absolute atomic E-state index is 12.8. The summed E-state index contributed by atoms with van der Waals surface area (Å²) in [6.45, 7) is 1.81. The number of hydrogen-bond donors (Lipinski definition) is 0. The van der Waals surface area contributed by atoms with Crippen molar-refractivity contribution in [1.29, 1.82) is 0 Å². The van der Waals surface area contributed by atoms with E-state index in [2.05, 4.69) is 9.72 Å². The van der Waals surface area contributed by atoms with Crippen LogP contribution in [0, 0.1) is 0 Å². The Labute approximate surface area is 144 Å². The average Bonchev–Trinajstić information content (AvgIpc) is 2.97. The van der Waals surface area contributed by atoms with E-state index in [4.69, 9.17) is 11.6 Å². The normalized spacial score (nSPS) is 20.9. The quantitative estimate of drug-likeness (QED) is 0.616. The van der Waals surface area contributed by atoms with Crippen molar-refractivity contribution in [1.82, 2.24) is 8.96 Å². The molecule has 2 aromatic heterocycles. The molecular formula is C16H15ClN2O4S. The van der Waals surface area contributed by atoms with Gasteiger partial charge in [0.1, 0.15) is 0 Å². The maximum Gasteiger partial charge on any atom is 0.339 e. The second-order valence-electron chi connectivity index (χ2n) is 5.67. The Morgan fingerprint density at radius 1 is 1.46 bits per heavy atom. The molecule has 126 valence electrons. The molecule has 3 rings (SSSR count). The fourth-order valence-corrected chi connectivity index (χ4v) is 3.92. The highest BCUT2D eigenvalue weighted by molar-refractivity contribution is 7.94. The highest BCUT2D eigenvalue weighted by Gasteiger charge is 2.26. The minimum Gasteiger partial charge on any atom is -0.465 e. The van der Waals surface area contributed by atoms with Gasteiger partial charge >= 0.3 is 5.97 Å². The molecule has 8 heteroatoms. The minimum absolute atomic E-state index is 0.164. The molecule has 0 aromatic carbocycles. The van der Waals surface area contributed by atoms with Crippen LogP contribution in [0.4, 0.5) is 0 Å². The van der Waals surface area contributed by atoms with Crippen molar-refractivity contribution in [3.8, 4) is 0 Å². The third kappa shape index (κ3) is 2.85. The van der Waals surface area contributed by atoms with E-state index in [1.54, 1.807) is 24.3 Å². The first-order chi connectivity index (χ1) is 11.2. The van der Waals surface area contributed by atoms with Gasteiger partial charge in [0.2, 0.25) is 0 Å². The molecule has 2 aromatic rings. The number of allylic oxidation sites excluding steroid dienone is 3. The first-order valence-corrected chi connectivity index (χ1v) is 8.96. The van der Waals surface area contributed by atoms with Gasteiger partial charge in [-0.15, -0.1) is 11.6 Å². The van der Waals surface area contributed by atoms with Crippen molar-refractivity contribution in [3.05, 3.63) is 53.2 Å². The molecular weight excluding hydrogens is 352 g/mol. The van der Waals surface area contributed by atoms with Gasteiger partial charge in [0.15, 0.2) is 5.65 Å². The lowest BCUT2D eigenvalue weighted by molar-refractivity contribution is 0.0600. The molecule has 2 heterocycles. The standard InChI is InChI=1S/C16H15ClN2O4S/c1-16(17)6-3-13(4-7-16)24(21,22)19-8-5-11-9-12(15(20)23-2)10-18-14(11)19/h3-6,8-10H,7H2,1-2H3. The molecule has 0 saturated heterocycles. The van der Waals surface area contributed by atoms with Crippen LogP contribution in [0.2, 0.25) is 0 Å². The van der Waals surface area contributed by atoms with E-state index in [-0.39, 0.29) is 16.1 Å². The van der Waals surface area contributed by atoms with E-state index >= 15 is 0 Å². The van der Waals surface area contributed by atoms with Gasteiger partial charge in [0.25, 0.3) is 10.0 Å². The van der Waals surface area contributed by atoms with Crippen LogP contribution in [-0.2, 0) is 14.8 Å². The Hall–Kier alpha value is -2.12. The lowest BCUT2D eigenvalue weighted by Gasteiger charge is -2.20.